The molecule has 5 nitrogen and oxygen atoms in total. The Morgan fingerprint density at radius 1 is 1.42 bits per heavy atom. The molecule has 2 aliphatic rings. The highest BCUT2D eigenvalue weighted by atomic mass is 16.5. The standard InChI is InChI=1S/C19H28N2O3/c1-5-14(12-8-6-7-9-15(12)23-4)20-18(22)21-16-13-10-11-24-17(13)19(16,2)3/h6-9,13-14,16-17H,5,10-11H2,1-4H3,(H2,20,21,22)/t13-,14-,16+,17-/m0/s1. The summed E-state index contributed by atoms with van der Waals surface area (Å²) in [6, 6.07) is 7.81. The third kappa shape index (κ3) is 2.86. The number of carbonyl (C=O) groups excluding carboxylic acids is 1. The van der Waals surface area contributed by atoms with Gasteiger partial charge in [0.1, 0.15) is 5.75 Å². The molecule has 1 aliphatic heterocycles. The summed E-state index contributed by atoms with van der Waals surface area (Å²) in [5.74, 6) is 1.25. The highest BCUT2D eigenvalue weighted by Crippen LogP contribution is 2.52. The highest BCUT2D eigenvalue weighted by molar-refractivity contribution is 5.75. The van der Waals surface area contributed by atoms with Crippen LogP contribution in [0.5, 0.6) is 5.75 Å². The van der Waals surface area contributed by atoms with E-state index < -0.39 is 0 Å². The van der Waals surface area contributed by atoms with Crippen LogP contribution in [0.4, 0.5) is 4.79 Å². The molecule has 2 N–H and O–H groups in total. The van der Waals surface area contributed by atoms with Crippen molar-refractivity contribution >= 4 is 6.03 Å². The Hall–Kier alpha value is -1.75. The van der Waals surface area contributed by atoms with E-state index in [9.17, 15) is 4.79 Å². The Kier molecular flexibility index (Phi) is 4.72. The molecule has 5 heteroatoms. The Bertz CT molecular complexity index is 602. The number of rotatable bonds is 5. The van der Waals surface area contributed by atoms with Gasteiger partial charge in [0.25, 0.3) is 0 Å². The zero-order valence-electron chi connectivity index (χ0n) is 15.0. The average molecular weight is 332 g/mol. The first-order valence-corrected chi connectivity index (χ1v) is 8.80. The highest BCUT2D eigenvalue weighted by Gasteiger charge is 2.59. The monoisotopic (exact) mass is 332 g/mol. The third-order valence-electron chi connectivity index (χ3n) is 5.61. The molecule has 1 saturated carbocycles. The summed E-state index contributed by atoms with van der Waals surface area (Å²) in [7, 11) is 1.66. The van der Waals surface area contributed by atoms with Crippen molar-refractivity contribution in [2.75, 3.05) is 13.7 Å². The van der Waals surface area contributed by atoms with Gasteiger partial charge in [0.15, 0.2) is 0 Å². The lowest BCUT2D eigenvalue weighted by atomic mass is 9.57. The molecule has 3 rings (SSSR count). The lowest BCUT2D eigenvalue weighted by Crippen LogP contribution is -2.67. The molecule has 0 spiro atoms. The summed E-state index contributed by atoms with van der Waals surface area (Å²) in [5.41, 5.74) is 0.998. The van der Waals surface area contributed by atoms with Gasteiger partial charge >= 0.3 is 6.03 Å². The van der Waals surface area contributed by atoms with Crippen LogP contribution in [0.15, 0.2) is 24.3 Å². The molecule has 132 valence electrons. The average Bonchev–Trinajstić information content (AvgIpc) is 3.05. The van der Waals surface area contributed by atoms with Gasteiger partial charge in [0.05, 0.1) is 19.3 Å². The van der Waals surface area contributed by atoms with Crippen molar-refractivity contribution in [3.8, 4) is 5.75 Å². The summed E-state index contributed by atoms with van der Waals surface area (Å²) in [5, 5.41) is 6.28. The Morgan fingerprint density at radius 3 is 2.88 bits per heavy atom. The number of nitrogens with one attached hydrogen (secondary N) is 2. The largest absolute Gasteiger partial charge is 0.496 e. The number of carbonyl (C=O) groups is 1. The van der Waals surface area contributed by atoms with Crippen molar-refractivity contribution < 1.29 is 14.3 Å². The normalized spacial score (nSPS) is 28.4. The van der Waals surface area contributed by atoms with Crippen molar-refractivity contribution in [1.29, 1.82) is 0 Å². The van der Waals surface area contributed by atoms with E-state index in [1.807, 2.05) is 24.3 Å². The summed E-state index contributed by atoms with van der Waals surface area (Å²) < 4.78 is 11.2. The quantitative estimate of drug-likeness (QED) is 0.870. The van der Waals surface area contributed by atoms with Gasteiger partial charge in [0.2, 0.25) is 0 Å². The minimum absolute atomic E-state index is 0.00927. The summed E-state index contributed by atoms with van der Waals surface area (Å²) >= 11 is 0. The number of hydrogen-bond acceptors (Lipinski definition) is 3. The van der Waals surface area contributed by atoms with Crippen LogP contribution < -0.4 is 15.4 Å². The molecule has 1 aromatic rings. The lowest BCUT2D eigenvalue weighted by Gasteiger charge is -2.54. The van der Waals surface area contributed by atoms with Gasteiger partial charge < -0.3 is 20.1 Å². The number of methoxy groups -OCH3 is 1. The second-order valence-corrected chi connectivity index (χ2v) is 7.36. The van der Waals surface area contributed by atoms with Crippen molar-refractivity contribution in [2.24, 2.45) is 11.3 Å². The third-order valence-corrected chi connectivity index (χ3v) is 5.61. The van der Waals surface area contributed by atoms with Gasteiger partial charge in [-0.25, -0.2) is 4.79 Å². The molecule has 4 atom stereocenters. The van der Waals surface area contributed by atoms with Crippen molar-refractivity contribution in [3.63, 3.8) is 0 Å². The van der Waals surface area contributed by atoms with Crippen molar-refractivity contribution in [1.82, 2.24) is 10.6 Å². The Labute approximate surface area is 144 Å². The van der Waals surface area contributed by atoms with Crippen LogP contribution in [0.2, 0.25) is 0 Å². The van der Waals surface area contributed by atoms with E-state index in [-0.39, 0.29) is 29.6 Å². The molecule has 1 heterocycles. The molecule has 0 bridgehead atoms. The maximum Gasteiger partial charge on any atom is 0.315 e. The number of ether oxygens (including phenoxy) is 2. The predicted molar refractivity (Wildman–Crippen MR) is 93.1 cm³/mol. The first-order chi connectivity index (χ1) is 11.5. The fraction of sp³-hybridized carbons (Fsp3) is 0.632. The molecule has 0 unspecified atom stereocenters. The minimum Gasteiger partial charge on any atom is -0.496 e. The van der Waals surface area contributed by atoms with E-state index in [1.54, 1.807) is 7.11 Å². The summed E-state index contributed by atoms with van der Waals surface area (Å²) in [6.45, 7) is 7.20. The number of amides is 2. The SMILES string of the molecule is CC[C@H](NC(=O)N[C@@H]1[C@@H]2CCO[C@@H]2C1(C)C)c1ccccc1OC. The van der Waals surface area contributed by atoms with E-state index in [0.717, 1.165) is 30.8 Å². The van der Waals surface area contributed by atoms with Crippen LogP contribution >= 0.6 is 0 Å². The smallest absolute Gasteiger partial charge is 0.315 e. The molecule has 0 aromatic heterocycles. The van der Waals surface area contributed by atoms with Gasteiger partial charge in [-0.15, -0.1) is 0 Å². The zero-order valence-corrected chi connectivity index (χ0v) is 15.0. The number of hydrogen-bond donors (Lipinski definition) is 2. The van der Waals surface area contributed by atoms with Gasteiger partial charge in [-0.05, 0) is 18.9 Å². The number of para-hydroxylation sites is 1. The van der Waals surface area contributed by atoms with Gasteiger partial charge in [-0.1, -0.05) is 39.0 Å². The molecule has 2 amide bonds. The fourth-order valence-corrected chi connectivity index (χ4v) is 4.31. The molecule has 0 radical (unpaired) electrons. The van der Waals surface area contributed by atoms with E-state index in [0.29, 0.717) is 5.92 Å². The number of urea groups is 1. The van der Waals surface area contributed by atoms with Crippen LogP contribution in [-0.2, 0) is 4.74 Å². The molecule has 2 fully saturated rings. The van der Waals surface area contributed by atoms with Gasteiger partial charge in [-0.3, -0.25) is 0 Å². The lowest BCUT2D eigenvalue weighted by molar-refractivity contribution is -0.108. The first-order valence-electron chi connectivity index (χ1n) is 8.80. The second kappa shape index (κ2) is 6.63. The van der Waals surface area contributed by atoms with Gasteiger partial charge in [-0.2, -0.15) is 0 Å². The molecular weight excluding hydrogens is 304 g/mol. The van der Waals surface area contributed by atoms with Crippen LogP contribution in [0, 0.1) is 11.3 Å². The topological polar surface area (TPSA) is 59.6 Å². The first kappa shape index (κ1) is 17.1. The zero-order chi connectivity index (χ0) is 17.3. The van der Waals surface area contributed by atoms with E-state index in [2.05, 4.69) is 31.4 Å². The van der Waals surface area contributed by atoms with Crippen molar-refractivity contribution in [2.45, 2.75) is 51.8 Å². The maximum atomic E-state index is 12.6. The van der Waals surface area contributed by atoms with E-state index in [1.165, 1.54) is 0 Å². The molecule has 1 aromatic carbocycles. The number of fused-ring (bicyclic) bond motifs is 1. The van der Waals surface area contributed by atoms with Gasteiger partial charge in [0, 0.05) is 29.5 Å². The van der Waals surface area contributed by atoms with E-state index in [4.69, 9.17) is 9.47 Å². The molecule has 1 saturated heterocycles. The molecular formula is C19H28N2O3. The molecule has 24 heavy (non-hydrogen) atoms. The Morgan fingerprint density at radius 2 is 2.17 bits per heavy atom. The molecule has 1 aliphatic carbocycles. The second-order valence-electron chi connectivity index (χ2n) is 7.36. The summed E-state index contributed by atoms with van der Waals surface area (Å²) in [6.07, 6.45) is 2.11. The fourth-order valence-electron chi connectivity index (χ4n) is 4.31. The maximum absolute atomic E-state index is 12.6. The predicted octanol–water partition coefficient (Wildman–Crippen LogP) is 3.26. The number of benzene rings is 1. The summed E-state index contributed by atoms with van der Waals surface area (Å²) in [4.78, 5) is 12.6. The Balaban J connectivity index is 1.65. The minimum atomic E-state index is -0.115. The van der Waals surface area contributed by atoms with Crippen LogP contribution in [0.1, 0.15) is 45.2 Å². The van der Waals surface area contributed by atoms with Crippen LogP contribution in [0.25, 0.3) is 0 Å². The van der Waals surface area contributed by atoms with Crippen LogP contribution in [0.3, 0.4) is 0 Å². The van der Waals surface area contributed by atoms with Crippen molar-refractivity contribution in [3.05, 3.63) is 29.8 Å². The van der Waals surface area contributed by atoms with Crippen LogP contribution in [-0.4, -0.2) is 31.9 Å². The van der Waals surface area contributed by atoms with E-state index >= 15 is 0 Å².